The van der Waals surface area contributed by atoms with Crippen molar-refractivity contribution < 1.29 is 27.1 Å². The molecule has 1 heterocycles. The predicted octanol–water partition coefficient (Wildman–Crippen LogP) is 3.72. The number of carbonyl (C=O) groups is 1. The van der Waals surface area contributed by atoms with Crippen LogP contribution in [0.4, 0.5) is 23.2 Å². The lowest BCUT2D eigenvalue weighted by Gasteiger charge is -2.11. The van der Waals surface area contributed by atoms with Crippen molar-refractivity contribution in [3.05, 3.63) is 76.3 Å². The van der Waals surface area contributed by atoms with E-state index in [-0.39, 0.29) is 17.1 Å². The van der Waals surface area contributed by atoms with E-state index in [9.17, 15) is 27.2 Å². The van der Waals surface area contributed by atoms with Crippen molar-refractivity contribution in [2.75, 3.05) is 12.4 Å². The van der Waals surface area contributed by atoms with Gasteiger partial charge < -0.3 is 10.1 Å². The maximum Gasteiger partial charge on any atom is 0.416 e. The monoisotopic (exact) mass is 421 g/mol. The van der Waals surface area contributed by atoms with Crippen LogP contribution in [0.25, 0.3) is 11.3 Å². The third-order valence-electron chi connectivity index (χ3n) is 4.10. The number of nitrogens with zero attached hydrogens (tertiary/aromatic N) is 2. The van der Waals surface area contributed by atoms with E-state index in [4.69, 9.17) is 4.74 Å². The number of carbonyl (C=O) groups excluding carboxylic acids is 1. The molecule has 0 spiro atoms. The quantitative estimate of drug-likeness (QED) is 0.638. The summed E-state index contributed by atoms with van der Waals surface area (Å²) in [4.78, 5) is 24.3. The minimum Gasteiger partial charge on any atom is -0.496 e. The summed E-state index contributed by atoms with van der Waals surface area (Å²) in [6.07, 6.45) is -4.48. The Bertz CT molecular complexity index is 1130. The average Bonchev–Trinajstić information content (AvgIpc) is 2.69. The minimum atomic E-state index is -4.48. The maximum absolute atomic E-state index is 13.4. The second-order valence-corrected chi connectivity index (χ2v) is 6.18. The van der Waals surface area contributed by atoms with E-state index >= 15 is 0 Å². The zero-order valence-electron chi connectivity index (χ0n) is 15.5. The second kappa shape index (κ2) is 8.36. The van der Waals surface area contributed by atoms with Crippen molar-refractivity contribution in [1.82, 2.24) is 9.78 Å². The first kappa shape index (κ1) is 21.0. The van der Waals surface area contributed by atoms with Crippen molar-refractivity contribution in [2.24, 2.45) is 0 Å². The molecule has 1 aromatic heterocycles. The highest BCUT2D eigenvalue weighted by atomic mass is 19.4. The summed E-state index contributed by atoms with van der Waals surface area (Å²) in [6.45, 7) is -0.475. The molecule has 1 N–H and O–H groups in total. The highest BCUT2D eigenvalue weighted by molar-refractivity contribution is 5.90. The molecular formula is C20H15F4N3O3. The van der Waals surface area contributed by atoms with Crippen LogP contribution in [0.2, 0.25) is 0 Å². The number of benzene rings is 2. The Hall–Kier alpha value is -3.69. The molecule has 0 atom stereocenters. The summed E-state index contributed by atoms with van der Waals surface area (Å²) in [5.74, 6) is -0.977. The molecule has 0 aliphatic carbocycles. The summed E-state index contributed by atoms with van der Waals surface area (Å²) >= 11 is 0. The highest BCUT2D eigenvalue weighted by Gasteiger charge is 2.30. The van der Waals surface area contributed by atoms with Gasteiger partial charge in [0, 0.05) is 23.4 Å². The van der Waals surface area contributed by atoms with E-state index in [1.54, 1.807) is 0 Å². The lowest BCUT2D eigenvalue weighted by Crippen LogP contribution is -2.29. The van der Waals surface area contributed by atoms with Crippen LogP contribution >= 0.6 is 0 Å². The lowest BCUT2D eigenvalue weighted by molar-refractivity contribution is -0.137. The number of anilines is 1. The van der Waals surface area contributed by atoms with Crippen LogP contribution in [0.1, 0.15) is 5.56 Å². The molecule has 30 heavy (non-hydrogen) atoms. The Morgan fingerprint density at radius 2 is 1.80 bits per heavy atom. The Morgan fingerprint density at radius 1 is 1.10 bits per heavy atom. The van der Waals surface area contributed by atoms with Gasteiger partial charge in [-0.2, -0.15) is 18.3 Å². The molecule has 1 amide bonds. The van der Waals surface area contributed by atoms with E-state index in [0.717, 1.165) is 35.0 Å². The van der Waals surface area contributed by atoms with Crippen LogP contribution in [0.3, 0.4) is 0 Å². The number of hydrogen-bond donors (Lipinski definition) is 1. The first-order chi connectivity index (χ1) is 14.2. The van der Waals surface area contributed by atoms with E-state index in [0.29, 0.717) is 5.56 Å². The molecule has 10 heteroatoms. The number of nitrogens with one attached hydrogen (secondary N) is 1. The van der Waals surface area contributed by atoms with Gasteiger partial charge in [0.15, 0.2) is 0 Å². The van der Waals surface area contributed by atoms with Crippen LogP contribution in [0.15, 0.2) is 59.4 Å². The van der Waals surface area contributed by atoms with E-state index in [1.165, 1.54) is 31.4 Å². The van der Waals surface area contributed by atoms with Crippen molar-refractivity contribution >= 4 is 11.6 Å². The molecule has 0 aliphatic rings. The molecule has 0 bridgehead atoms. The molecule has 0 saturated carbocycles. The normalized spacial score (nSPS) is 11.2. The lowest BCUT2D eigenvalue weighted by atomic mass is 10.1. The number of rotatable bonds is 5. The molecule has 3 rings (SSSR count). The Balaban J connectivity index is 1.79. The molecule has 2 aromatic carbocycles. The molecule has 0 saturated heterocycles. The summed E-state index contributed by atoms with van der Waals surface area (Å²) in [5, 5.41) is 6.51. The van der Waals surface area contributed by atoms with Crippen molar-refractivity contribution in [2.45, 2.75) is 12.7 Å². The van der Waals surface area contributed by atoms with Gasteiger partial charge in [-0.3, -0.25) is 9.59 Å². The number of halogens is 4. The fourth-order valence-electron chi connectivity index (χ4n) is 2.66. The van der Waals surface area contributed by atoms with E-state index < -0.39 is 35.6 Å². The van der Waals surface area contributed by atoms with Crippen LogP contribution < -0.4 is 15.6 Å². The summed E-state index contributed by atoms with van der Waals surface area (Å²) in [5.41, 5.74) is -0.594. The topological polar surface area (TPSA) is 73.2 Å². The van der Waals surface area contributed by atoms with E-state index in [1.807, 2.05) is 0 Å². The first-order valence-electron chi connectivity index (χ1n) is 8.56. The molecule has 0 unspecified atom stereocenters. The maximum atomic E-state index is 13.4. The standard InChI is InChI=1S/C20H15F4N3O3/c1-30-17-10-13(21)4-7-15(17)16-8-9-19(29)27(26-16)11-18(28)25-14-5-2-12(3-6-14)20(22,23)24/h2-10H,11H2,1H3,(H,25,28). The zero-order valence-corrected chi connectivity index (χ0v) is 15.5. The fraction of sp³-hybridized carbons (Fsp3) is 0.150. The van der Waals surface area contributed by atoms with Crippen molar-refractivity contribution in [3.8, 4) is 17.0 Å². The van der Waals surface area contributed by atoms with Gasteiger partial charge in [0.2, 0.25) is 5.91 Å². The van der Waals surface area contributed by atoms with Gasteiger partial charge >= 0.3 is 6.18 Å². The largest absolute Gasteiger partial charge is 0.496 e. The number of alkyl halides is 3. The molecule has 156 valence electrons. The third kappa shape index (κ3) is 4.83. The average molecular weight is 421 g/mol. The summed E-state index contributed by atoms with van der Waals surface area (Å²) in [6, 6.07) is 10.3. The second-order valence-electron chi connectivity index (χ2n) is 6.18. The number of ether oxygens (including phenoxy) is 1. The number of methoxy groups -OCH3 is 1. The molecule has 0 fully saturated rings. The summed E-state index contributed by atoms with van der Waals surface area (Å²) < 4.78 is 57.2. The van der Waals surface area contributed by atoms with Gasteiger partial charge in [-0.05, 0) is 42.5 Å². The molecule has 0 radical (unpaired) electrons. The van der Waals surface area contributed by atoms with Crippen LogP contribution in [0, 0.1) is 5.82 Å². The number of hydrogen-bond acceptors (Lipinski definition) is 4. The van der Waals surface area contributed by atoms with E-state index in [2.05, 4.69) is 10.4 Å². The first-order valence-corrected chi connectivity index (χ1v) is 8.56. The smallest absolute Gasteiger partial charge is 0.416 e. The van der Waals surface area contributed by atoms with Gasteiger partial charge in [-0.25, -0.2) is 9.07 Å². The number of amides is 1. The summed E-state index contributed by atoms with van der Waals surface area (Å²) in [7, 11) is 1.35. The number of aromatic nitrogens is 2. The fourth-order valence-corrected chi connectivity index (χ4v) is 2.66. The van der Waals surface area contributed by atoms with Gasteiger partial charge in [0.1, 0.15) is 18.1 Å². The van der Waals surface area contributed by atoms with Gasteiger partial charge in [-0.15, -0.1) is 0 Å². The Kier molecular flexibility index (Phi) is 5.86. The van der Waals surface area contributed by atoms with Gasteiger partial charge in [-0.1, -0.05) is 0 Å². The predicted molar refractivity (Wildman–Crippen MR) is 101 cm³/mol. The zero-order chi connectivity index (χ0) is 21.9. The van der Waals surface area contributed by atoms with Gasteiger partial charge in [0.05, 0.1) is 18.4 Å². The third-order valence-corrected chi connectivity index (χ3v) is 4.10. The van der Waals surface area contributed by atoms with Gasteiger partial charge in [0.25, 0.3) is 5.56 Å². The van der Waals surface area contributed by atoms with Crippen LogP contribution in [0.5, 0.6) is 5.75 Å². The van der Waals surface area contributed by atoms with Crippen LogP contribution in [-0.2, 0) is 17.5 Å². The molecule has 0 aliphatic heterocycles. The minimum absolute atomic E-state index is 0.136. The van der Waals surface area contributed by atoms with Crippen molar-refractivity contribution in [1.29, 1.82) is 0 Å². The van der Waals surface area contributed by atoms with Crippen molar-refractivity contribution in [3.63, 3.8) is 0 Å². The Labute approximate surface area is 167 Å². The SMILES string of the molecule is COc1cc(F)ccc1-c1ccc(=O)n(CC(=O)Nc2ccc(C(F)(F)F)cc2)n1. The Morgan fingerprint density at radius 3 is 2.43 bits per heavy atom. The van der Waals surface area contributed by atoms with Crippen LogP contribution in [-0.4, -0.2) is 22.8 Å². The molecular weight excluding hydrogens is 406 g/mol. The highest BCUT2D eigenvalue weighted by Crippen LogP contribution is 2.30. The molecule has 6 nitrogen and oxygen atoms in total. The molecule has 3 aromatic rings.